The molecule has 1 heterocycles. The maximum atomic E-state index is 12.6. The summed E-state index contributed by atoms with van der Waals surface area (Å²) in [6.45, 7) is 9.36. The molecule has 1 aromatic heterocycles. The van der Waals surface area contributed by atoms with Crippen molar-refractivity contribution >= 4 is 35.1 Å². The van der Waals surface area contributed by atoms with E-state index in [2.05, 4.69) is 30.2 Å². The molecule has 0 fully saturated rings. The Balaban J connectivity index is 2.20. The molecule has 1 unspecified atom stereocenters. The highest BCUT2D eigenvalue weighted by molar-refractivity contribution is 7.99. The van der Waals surface area contributed by atoms with Crippen LogP contribution in [-0.2, 0) is 16.0 Å². The van der Waals surface area contributed by atoms with Gasteiger partial charge < -0.3 is 15.0 Å². The number of aryl methyl sites for hydroxylation is 1. The number of esters is 1. The number of ketones is 1. The third-order valence-corrected chi connectivity index (χ3v) is 6.05. The molecule has 0 saturated heterocycles. The molecule has 0 radical (unpaired) electrons. The van der Waals surface area contributed by atoms with E-state index in [9.17, 15) is 14.4 Å². The summed E-state index contributed by atoms with van der Waals surface area (Å²) in [6.07, 6.45) is 1.02. The lowest BCUT2D eigenvalue weighted by atomic mass is 10.1. The number of anilines is 1. The predicted octanol–water partition coefficient (Wildman–Crippen LogP) is 4.69. The molecule has 1 aromatic carbocycles. The third-order valence-electron chi connectivity index (χ3n) is 4.79. The van der Waals surface area contributed by atoms with Crippen molar-refractivity contribution in [2.75, 3.05) is 12.4 Å². The number of aromatic amines is 1. The Bertz CT molecular complexity index is 933. The number of ether oxygens (including phenoxy) is 1. The first-order valence-corrected chi connectivity index (χ1v) is 10.4. The van der Waals surface area contributed by atoms with Crippen molar-refractivity contribution in [2.24, 2.45) is 0 Å². The Morgan fingerprint density at radius 2 is 1.93 bits per heavy atom. The first kappa shape index (κ1) is 22.7. The Morgan fingerprint density at radius 1 is 1.24 bits per heavy atom. The standard InChI is InChI=1S/C22H28N2O4S/c1-7-13(3)29-16-8-9-17(12(2)10-16)23-19(26)11-18-20(22(27)28-6)14(4)21(24-18)15(5)25/h8-10,13,24H,7,11H2,1-6H3,(H,23,26). The van der Waals surface area contributed by atoms with Crippen molar-refractivity contribution in [3.8, 4) is 0 Å². The van der Waals surface area contributed by atoms with Gasteiger partial charge in [0.15, 0.2) is 5.78 Å². The van der Waals surface area contributed by atoms with E-state index in [1.54, 1.807) is 18.7 Å². The Morgan fingerprint density at radius 3 is 2.48 bits per heavy atom. The molecule has 6 nitrogen and oxygen atoms in total. The lowest BCUT2D eigenvalue weighted by Crippen LogP contribution is -2.17. The summed E-state index contributed by atoms with van der Waals surface area (Å²) in [7, 11) is 1.27. The van der Waals surface area contributed by atoms with Gasteiger partial charge in [0.25, 0.3) is 0 Å². The molecule has 7 heteroatoms. The highest BCUT2D eigenvalue weighted by atomic mass is 32.2. The van der Waals surface area contributed by atoms with E-state index in [0.29, 0.717) is 22.2 Å². The van der Waals surface area contributed by atoms with E-state index < -0.39 is 5.97 Å². The number of hydrogen-bond acceptors (Lipinski definition) is 5. The fourth-order valence-corrected chi connectivity index (χ4v) is 4.06. The van der Waals surface area contributed by atoms with Crippen LogP contribution in [0.1, 0.15) is 64.9 Å². The summed E-state index contributed by atoms with van der Waals surface area (Å²) >= 11 is 1.80. The molecule has 1 atom stereocenters. The van der Waals surface area contributed by atoms with Gasteiger partial charge in [-0.3, -0.25) is 9.59 Å². The number of H-pyrrole nitrogens is 1. The SMILES string of the molecule is CCC(C)Sc1ccc(NC(=O)Cc2[nH]c(C(C)=O)c(C)c2C(=O)OC)c(C)c1. The zero-order chi connectivity index (χ0) is 21.7. The first-order valence-electron chi connectivity index (χ1n) is 9.55. The summed E-state index contributed by atoms with van der Waals surface area (Å²) in [6, 6.07) is 5.94. The minimum Gasteiger partial charge on any atom is -0.465 e. The van der Waals surface area contributed by atoms with Gasteiger partial charge in [-0.25, -0.2) is 4.79 Å². The van der Waals surface area contributed by atoms with Crippen LogP contribution in [0.3, 0.4) is 0 Å². The average molecular weight is 417 g/mol. The summed E-state index contributed by atoms with van der Waals surface area (Å²) in [5.41, 5.74) is 3.11. The van der Waals surface area contributed by atoms with Gasteiger partial charge in [0.05, 0.1) is 24.8 Å². The highest BCUT2D eigenvalue weighted by Crippen LogP contribution is 2.29. The fourth-order valence-electron chi connectivity index (χ4n) is 3.04. The Hall–Kier alpha value is -2.54. The van der Waals surface area contributed by atoms with Gasteiger partial charge in [-0.2, -0.15) is 0 Å². The molecular formula is C22H28N2O4S. The quantitative estimate of drug-likeness (QED) is 0.370. The molecule has 156 valence electrons. The van der Waals surface area contributed by atoms with Crippen LogP contribution in [0.15, 0.2) is 23.1 Å². The number of hydrogen-bond donors (Lipinski definition) is 2. The zero-order valence-corrected chi connectivity index (χ0v) is 18.6. The number of carbonyl (C=O) groups is 3. The van der Waals surface area contributed by atoms with Crippen molar-refractivity contribution in [3.63, 3.8) is 0 Å². The second-order valence-electron chi connectivity index (χ2n) is 7.06. The second kappa shape index (κ2) is 9.78. The molecule has 0 saturated carbocycles. The van der Waals surface area contributed by atoms with E-state index in [4.69, 9.17) is 4.74 Å². The van der Waals surface area contributed by atoms with Crippen LogP contribution < -0.4 is 5.32 Å². The molecule has 0 bridgehead atoms. The van der Waals surface area contributed by atoms with Crippen LogP contribution in [0, 0.1) is 13.8 Å². The summed E-state index contributed by atoms with van der Waals surface area (Å²) in [5.74, 6) is -1.06. The smallest absolute Gasteiger partial charge is 0.339 e. The second-order valence-corrected chi connectivity index (χ2v) is 8.58. The lowest BCUT2D eigenvalue weighted by molar-refractivity contribution is -0.115. The molecule has 2 N–H and O–H groups in total. The first-order chi connectivity index (χ1) is 13.7. The summed E-state index contributed by atoms with van der Waals surface area (Å²) < 4.78 is 4.82. The van der Waals surface area contributed by atoms with Crippen LogP contribution in [0.5, 0.6) is 0 Å². The number of rotatable bonds is 8. The van der Waals surface area contributed by atoms with Crippen molar-refractivity contribution in [3.05, 3.63) is 46.3 Å². The predicted molar refractivity (Wildman–Crippen MR) is 116 cm³/mol. The minimum atomic E-state index is -0.573. The monoisotopic (exact) mass is 416 g/mol. The van der Waals surface area contributed by atoms with Crippen molar-refractivity contribution < 1.29 is 19.1 Å². The molecule has 2 aromatic rings. The van der Waals surface area contributed by atoms with Gasteiger partial charge in [0.1, 0.15) is 0 Å². The number of methoxy groups -OCH3 is 1. The van der Waals surface area contributed by atoms with Gasteiger partial charge >= 0.3 is 5.97 Å². The van der Waals surface area contributed by atoms with Crippen molar-refractivity contribution in [1.29, 1.82) is 0 Å². The molecule has 0 aliphatic carbocycles. The van der Waals surface area contributed by atoms with E-state index in [1.807, 2.05) is 19.1 Å². The number of amides is 1. The molecule has 1 amide bonds. The average Bonchev–Trinajstić information content (AvgIpc) is 2.99. The number of benzene rings is 1. The number of thioether (sulfide) groups is 1. The van der Waals surface area contributed by atoms with Gasteiger partial charge in [-0.05, 0) is 49.6 Å². The van der Waals surface area contributed by atoms with Crippen LogP contribution in [-0.4, -0.2) is 35.0 Å². The maximum absolute atomic E-state index is 12.6. The number of aromatic nitrogens is 1. The summed E-state index contributed by atoms with van der Waals surface area (Å²) in [5, 5.41) is 3.42. The van der Waals surface area contributed by atoms with Gasteiger partial charge in [0, 0.05) is 28.5 Å². The molecule has 0 aliphatic heterocycles. The van der Waals surface area contributed by atoms with Crippen molar-refractivity contribution in [2.45, 2.75) is 57.6 Å². The normalized spacial score (nSPS) is 11.8. The van der Waals surface area contributed by atoms with E-state index in [-0.39, 0.29) is 23.7 Å². The maximum Gasteiger partial charge on any atom is 0.339 e. The minimum absolute atomic E-state index is 0.0681. The van der Waals surface area contributed by atoms with Crippen LogP contribution in [0.2, 0.25) is 0 Å². The van der Waals surface area contributed by atoms with Gasteiger partial charge in [-0.15, -0.1) is 11.8 Å². The van der Waals surface area contributed by atoms with E-state index >= 15 is 0 Å². The number of nitrogens with one attached hydrogen (secondary N) is 2. The molecule has 0 aliphatic rings. The molecule has 0 spiro atoms. The largest absolute Gasteiger partial charge is 0.465 e. The topological polar surface area (TPSA) is 88.3 Å². The highest BCUT2D eigenvalue weighted by Gasteiger charge is 2.24. The van der Waals surface area contributed by atoms with Crippen LogP contribution in [0.25, 0.3) is 0 Å². The Kier molecular flexibility index (Phi) is 7.67. The molecular weight excluding hydrogens is 388 g/mol. The van der Waals surface area contributed by atoms with Gasteiger partial charge in [-0.1, -0.05) is 13.8 Å². The van der Waals surface area contributed by atoms with Crippen molar-refractivity contribution in [1.82, 2.24) is 4.98 Å². The number of Topliss-reactive ketones (excluding diaryl/α,β-unsaturated/α-hetero) is 1. The van der Waals surface area contributed by atoms with Crippen LogP contribution >= 0.6 is 11.8 Å². The lowest BCUT2D eigenvalue weighted by Gasteiger charge is -2.12. The number of carbonyl (C=O) groups excluding carboxylic acids is 3. The van der Waals surface area contributed by atoms with E-state index in [1.165, 1.54) is 14.0 Å². The third kappa shape index (κ3) is 5.50. The van der Waals surface area contributed by atoms with E-state index in [0.717, 1.165) is 22.6 Å². The fraction of sp³-hybridized carbons (Fsp3) is 0.409. The summed E-state index contributed by atoms with van der Waals surface area (Å²) in [4.78, 5) is 40.7. The molecule has 29 heavy (non-hydrogen) atoms. The Labute approximate surface area is 175 Å². The van der Waals surface area contributed by atoms with Gasteiger partial charge in [0.2, 0.25) is 5.91 Å². The molecule has 2 rings (SSSR count). The van der Waals surface area contributed by atoms with Crippen LogP contribution in [0.4, 0.5) is 5.69 Å². The zero-order valence-electron chi connectivity index (χ0n) is 17.8.